The van der Waals surface area contributed by atoms with Crippen LogP contribution in [0.5, 0.6) is 17.2 Å². The van der Waals surface area contributed by atoms with Crippen LogP contribution in [0, 0.1) is 0 Å². The van der Waals surface area contributed by atoms with E-state index in [1.165, 1.54) is 5.57 Å². The van der Waals surface area contributed by atoms with Crippen LogP contribution >= 0.6 is 0 Å². The van der Waals surface area contributed by atoms with Gasteiger partial charge in [-0.25, -0.2) is 0 Å². The van der Waals surface area contributed by atoms with Crippen molar-refractivity contribution in [1.82, 2.24) is 5.32 Å². The Balaban J connectivity index is 3.17. The summed E-state index contributed by atoms with van der Waals surface area (Å²) in [5.41, 5.74) is 2.32. The molecular formula is C16H25NO3. The van der Waals surface area contributed by atoms with Gasteiger partial charge in [-0.3, -0.25) is 0 Å². The Bertz CT molecular complexity index is 455. The van der Waals surface area contributed by atoms with E-state index in [-0.39, 0.29) is 0 Å². The molecule has 4 nitrogen and oxygen atoms in total. The highest BCUT2D eigenvalue weighted by Gasteiger charge is 2.10. The highest BCUT2D eigenvalue weighted by atomic mass is 16.5. The molecule has 1 N–H and O–H groups in total. The first-order valence-electron chi connectivity index (χ1n) is 6.90. The Morgan fingerprint density at radius 1 is 1.00 bits per heavy atom. The van der Waals surface area contributed by atoms with Crippen LogP contribution in [-0.2, 0) is 0 Å². The normalized spacial score (nSPS) is 11.3. The molecule has 0 aliphatic heterocycles. The summed E-state index contributed by atoms with van der Waals surface area (Å²) in [7, 11) is 4.92. The first-order valence-corrected chi connectivity index (χ1v) is 6.90. The largest absolute Gasteiger partial charge is 0.496 e. The second-order valence-corrected chi connectivity index (χ2v) is 4.39. The molecule has 0 unspecified atom stereocenters. The van der Waals surface area contributed by atoms with Crippen molar-refractivity contribution in [3.05, 3.63) is 23.3 Å². The third kappa shape index (κ3) is 4.17. The second kappa shape index (κ2) is 8.48. The standard InChI is InChI=1S/C16H25NO3/c1-6-12(11-17-7-2)8-13-9-15(19-4)16(20-5)10-14(13)18-3/h8-10,17H,6-7,11H2,1-5H3. The number of ether oxygens (including phenoxy) is 3. The van der Waals surface area contributed by atoms with E-state index in [9.17, 15) is 0 Å². The summed E-state index contributed by atoms with van der Waals surface area (Å²) in [5.74, 6) is 2.16. The van der Waals surface area contributed by atoms with Gasteiger partial charge in [0.1, 0.15) is 5.75 Å². The third-order valence-electron chi connectivity index (χ3n) is 3.15. The molecule has 0 bridgehead atoms. The predicted molar refractivity (Wildman–Crippen MR) is 82.9 cm³/mol. The summed E-state index contributed by atoms with van der Waals surface area (Å²) in [4.78, 5) is 0. The number of rotatable bonds is 8. The van der Waals surface area contributed by atoms with Gasteiger partial charge < -0.3 is 19.5 Å². The fraction of sp³-hybridized carbons (Fsp3) is 0.500. The van der Waals surface area contributed by atoms with Crippen LogP contribution in [0.25, 0.3) is 6.08 Å². The minimum Gasteiger partial charge on any atom is -0.496 e. The van der Waals surface area contributed by atoms with Crippen LogP contribution in [0.4, 0.5) is 0 Å². The molecular weight excluding hydrogens is 254 g/mol. The van der Waals surface area contributed by atoms with Crippen molar-refractivity contribution in [2.75, 3.05) is 34.4 Å². The van der Waals surface area contributed by atoms with Gasteiger partial charge in [-0.2, -0.15) is 0 Å². The van der Waals surface area contributed by atoms with Crippen LogP contribution in [0.3, 0.4) is 0 Å². The van der Waals surface area contributed by atoms with Crippen LogP contribution < -0.4 is 19.5 Å². The zero-order valence-electron chi connectivity index (χ0n) is 13.1. The molecule has 0 aromatic heterocycles. The van der Waals surface area contributed by atoms with E-state index in [0.717, 1.165) is 30.8 Å². The average molecular weight is 279 g/mol. The molecule has 0 fully saturated rings. The Kier molecular flexibility index (Phi) is 6.94. The first kappa shape index (κ1) is 16.4. The van der Waals surface area contributed by atoms with E-state index < -0.39 is 0 Å². The molecule has 0 radical (unpaired) electrons. The van der Waals surface area contributed by atoms with Gasteiger partial charge in [0.25, 0.3) is 0 Å². The van der Waals surface area contributed by atoms with Gasteiger partial charge in [0, 0.05) is 18.2 Å². The molecule has 112 valence electrons. The second-order valence-electron chi connectivity index (χ2n) is 4.39. The summed E-state index contributed by atoms with van der Waals surface area (Å²) in [5, 5.41) is 3.34. The zero-order chi connectivity index (χ0) is 15.0. The van der Waals surface area contributed by atoms with Gasteiger partial charge in [-0.05, 0) is 19.0 Å². The Labute approximate surface area is 121 Å². The predicted octanol–water partition coefficient (Wildman–Crippen LogP) is 3.12. The third-order valence-corrected chi connectivity index (χ3v) is 3.15. The minimum absolute atomic E-state index is 0.672. The zero-order valence-corrected chi connectivity index (χ0v) is 13.1. The molecule has 4 heteroatoms. The van der Waals surface area contributed by atoms with Crippen LogP contribution in [0.2, 0.25) is 0 Å². The fourth-order valence-electron chi connectivity index (χ4n) is 1.95. The highest BCUT2D eigenvalue weighted by molar-refractivity contribution is 5.65. The van der Waals surface area contributed by atoms with E-state index in [2.05, 4.69) is 25.2 Å². The molecule has 0 saturated heterocycles. The quantitative estimate of drug-likeness (QED) is 0.793. The number of benzene rings is 1. The van der Waals surface area contributed by atoms with Crippen molar-refractivity contribution in [3.8, 4) is 17.2 Å². The monoisotopic (exact) mass is 279 g/mol. The van der Waals surface area contributed by atoms with Gasteiger partial charge in [-0.15, -0.1) is 0 Å². The van der Waals surface area contributed by atoms with Crippen LogP contribution in [0.15, 0.2) is 17.7 Å². The smallest absolute Gasteiger partial charge is 0.164 e. The number of hydrogen-bond donors (Lipinski definition) is 1. The molecule has 1 rings (SSSR count). The molecule has 0 aliphatic rings. The van der Waals surface area contributed by atoms with Crippen molar-refractivity contribution >= 4 is 6.08 Å². The molecule has 0 heterocycles. The molecule has 0 atom stereocenters. The topological polar surface area (TPSA) is 39.7 Å². The lowest BCUT2D eigenvalue weighted by molar-refractivity contribution is 0.348. The lowest BCUT2D eigenvalue weighted by Crippen LogP contribution is -2.15. The molecule has 0 amide bonds. The Morgan fingerprint density at radius 2 is 1.60 bits per heavy atom. The summed E-state index contributed by atoms with van der Waals surface area (Å²) in [6.07, 6.45) is 3.13. The lowest BCUT2D eigenvalue weighted by atomic mass is 10.1. The van der Waals surface area contributed by atoms with E-state index >= 15 is 0 Å². The summed E-state index contributed by atoms with van der Waals surface area (Å²) >= 11 is 0. The molecule has 20 heavy (non-hydrogen) atoms. The maximum absolute atomic E-state index is 5.44. The SMILES string of the molecule is CCNCC(=Cc1cc(OC)c(OC)cc1OC)CC. The Hall–Kier alpha value is -1.68. The van der Waals surface area contributed by atoms with Gasteiger partial charge in [0.05, 0.1) is 21.3 Å². The van der Waals surface area contributed by atoms with Gasteiger partial charge in [-0.1, -0.05) is 25.5 Å². The molecule has 0 saturated carbocycles. The summed E-state index contributed by atoms with van der Waals surface area (Å²) in [6, 6.07) is 3.80. The Morgan fingerprint density at radius 3 is 2.10 bits per heavy atom. The summed E-state index contributed by atoms with van der Waals surface area (Å²) < 4.78 is 16.1. The lowest BCUT2D eigenvalue weighted by Gasteiger charge is -2.13. The number of nitrogens with one attached hydrogen (secondary N) is 1. The molecule has 0 aliphatic carbocycles. The first-order chi connectivity index (χ1) is 9.69. The van der Waals surface area contributed by atoms with Crippen LogP contribution in [-0.4, -0.2) is 34.4 Å². The highest BCUT2D eigenvalue weighted by Crippen LogP contribution is 2.35. The average Bonchev–Trinajstić information content (AvgIpc) is 2.50. The van der Waals surface area contributed by atoms with E-state index in [0.29, 0.717) is 11.5 Å². The van der Waals surface area contributed by atoms with Crippen molar-refractivity contribution < 1.29 is 14.2 Å². The number of hydrogen-bond acceptors (Lipinski definition) is 4. The van der Waals surface area contributed by atoms with Crippen LogP contribution in [0.1, 0.15) is 25.8 Å². The van der Waals surface area contributed by atoms with Crippen molar-refractivity contribution in [3.63, 3.8) is 0 Å². The maximum Gasteiger partial charge on any atom is 0.164 e. The molecule has 1 aromatic rings. The molecule has 0 spiro atoms. The minimum atomic E-state index is 0.672. The van der Waals surface area contributed by atoms with Crippen molar-refractivity contribution in [2.24, 2.45) is 0 Å². The summed E-state index contributed by atoms with van der Waals surface area (Å²) in [6.45, 7) is 6.09. The van der Waals surface area contributed by atoms with E-state index in [1.54, 1.807) is 21.3 Å². The molecule has 1 aromatic carbocycles. The maximum atomic E-state index is 5.44. The van der Waals surface area contributed by atoms with E-state index in [1.807, 2.05) is 12.1 Å². The van der Waals surface area contributed by atoms with E-state index in [4.69, 9.17) is 14.2 Å². The van der Waals surface area contributed by atoms with Gasteiger partial charge in [0.2, 0.25) is 0 Å². The fourth-order valence-corrected chi connectivity index (χ4v) is 1.95. The van der Waals surface area contributed by atoms with Gasteiger partial charge >= 0.3 is 0 Å². The van der Waals surface area contributed by atoms with Crippen molar-refractivity contribution in [2.45, 2.75) is 20.3 Å². The number of likely N-dealkylation sites (N-methyl/N-ethyl adjacent to an activating group) is 1. The van der Waals surface area contributed by atoms with Gasteiger partial charge in [0.15, 0.2) is 11.5 Å². The van der Waals surface area contributed by atoms with Crippen molar-refractivity contribution in [1.29, 1.82) is 0 Å². The number of methoxy groups -OCH3 is 3.